The molecule has 0 heterocycles. The van der Waals surface area contributed by atoms with Crippen LogP contribution in [0.3, 0.4) is 0 Å². The second kappa shape index (κ2) is 65.5. The normalized spacial score (nSPS) is 13.2. The summed E-state index contributed by atoms with van der Waals surface area (Å²) in [5.74, 6) is -0.943. The van der Waals surface area contributed by atoms with Crippen molar-refractivity contribution >= 4 is 17.9 Å². The Labute approximate surface area is 486 Å². The highest BCUT2D eigenvalue weighted by Gasteiger charge is 2.19. The van der Waals surface area contributed by atoms with Gasteiger partial charge in [0.25, 0.3) is 0 Å². The van der Waals surface area contributed by atoms with Gasteiger partial charge in [0.05, 0.1) is 0 Å². The van der Waals surface area contributed by atoms with E-state index >= 15 is 0 Å². The van der Waals surface area contributed by atoms with Crippen LogP contribution in [0.5, 0.6) is 0 Å². The van der Waals surface area contributed by atoms with Crippen LogP contribution in [0.2, 0.25) is 0 Å². The SMILES string of the molecule is CC/C=C\C/C=C\C/C=C\C/C=C\C/C=C\C/C=C\C/C=C\C/C=C\CCCCCCCCCCC(=O)OCC(COC(=O)CCCCCCC/C=C\C/C=C\CCC)OC(=O)CCCCCCC/C=C\C/C=C\C/C=C\CC. The van der Waals surface area contributed by atoms with Gasteiger partial charge >= 0.3 is 17.9 Å². The van der Waals surface area contributed by atoms with Crippen molar-refractivity contribution in [3.63, 3.8) is 0 Å². The van der Waals surface area contributed by atoms with Gasteiger partial charge in [-0.15, -0.1) is 0 Å². The quantitative estimate of drug-likeness (QED) is 0.0261. The van der Waals surface area contributed by atoms with Gasteiger partial charge in [-0.05, 0) is 141 Å². The number of carbonyl (C=O) groups is 3. The molecule has 79 heavy (non-hydrogen) atoms. The van der Waals surface area contributed by atoms with Crippen molar-refractivity contribution in [2.45, 2.75) is 271 Å². The minimum Gasteiger partial charge on any atom is -0.462 e. The van der Waals surface area contributed by atoms with Crippen LogP contribution in [0.15, 0.2) is 158 Å². The molecule has 1 atom stereocenters. The number of unbranched alkanes of at least 4 members (excludes halogenated alkanes) is 19. The van der Waals surface area contributed by atoms with Gasteiger partial charge in [-0.25, -0.2) is 0 Å². The molecule has 1 unspecified atom stereocenters. The number of carbonyl (C=O) groups excluding carboxylic acids is 3. The average molecular weight is 1090 g/mol. The fourth-order valence-corrected chi connectivity index (χ4v) is 8.27. The fourth-order valence-electron chi connectivity index (χ4n) is 8.27. The largest absolute Gasteiger partial charge is 0.462 e. The lowest BCUT2D eigenvalue weighted by Crippen LogP contribution is -2.30. The molecule has 0 aromatic carbocycles. The molecule has 0 bridgehead atoms. The van der Waals surface area contributed by atoms with Crippen LogP contribution in [0, 0.1) is 0 Å². The second-order valence-corrected chi connectivity index (χ2v) is 20.5. The molecule has 0 amide bonds. The predicted molar refractivity (Wildman–Crippen MR) is 343 cm³/mol. The molecule has 0 radical (unpaired) electrons. The summed E-state index contributed by atoms with van der Waals surface area (Å²) in [4.78, 5) is 38.2. The second-order valence-electron chi connectivity index (χ2n) is 20.5. The highest BCUT2D eigenvalue weighted by atomic mass is 16.6. The van der Waals surface area contributed by atoms with Crippen LogP contribution < -0.4 is 0 Å². The van der Waals surface area contributed by atoms with Crippen LogP contribution in [-0.2, 0) is 28.6 Å². The van der Waals surface area contributed by atoms with E-state index in [0.29, 0.717) is 19.3 Å². The van der Waals surface area contributed by atoms with Gasteiger partial charge in [0.2, 0.25) is 0 Å². The molecule has 0 saturated carbocycles. The molecule has 6 nitrogen and oxygen atoms in total. The molecule has 444 valence electrons. The summed E-state index contributed by atoms with van der Waals surface area (Å²) in [5, 5.41) is 0. The Hall–Kier alpha value is -4.97. The molecular weight excluding hydrogens is 973 g/mol. The summed E-state index contributed by atoms with van der Waals surface area (Å²) in [6.45, 7) is 6.31. The van der Waals surface area contributed by atoms with Crippen molar-refractivity contribution in [3.8, 4) is 0 Å². The number of rotatable bonds is 56. The summed E-state index contributed by atoms with van der Waals surface area (Å²) in [6, 6.07) is 0. The minimum absolute atomic E-state index is 0.0997. The van der Waals surface area contributed by atoms with E-state index in [0.717, 1.165) is 186 Å². The summed E-state index contributed by atoms with van der Waals surface area (Å²) in [6.07, 6.45) is 95.4. The van der Waals surface area contributed by atoms with E-state index in [9.17, 15) is 14.4 Å². The maximum atomic E-state index is 12.9. The molecule has 0 N–H and O–H groups in total. The lowest BCUT2D eigenvalue weighted by atomic mass is 10.1. The lowest BCUT2D eigenvalue weighted by Gasteiger charge is -2.18. The van der Waals surface area contributed by atoms with Crippen molar-refractivity contribution in [2.24, 2.45) is 0 Å². The first-order valence-electron chi connectivity index (χ1n) is 32.0. The molecule has 0 aromatic heterocycles. The average Bonchev–Trinajstić information content (AvgIpc) is 3.45. The van der Waals surface area contributed by atoms with Crippen LogP contribution in [0.25, 0.3) is 0 Å². The molecule has 0 saturated heterocycles. The summed E-state index contributed by atoms with van der Waals surface area (Å²) in [7, 11) is 0. The van der Waals surface area contributed by atoms with Crippen molar-refractivity contribution < 1.29 is 28.6 Å². The number of ether oxygens (including phenoxy) is 3. The van der Waals surface area contributed by atoms with Gasteiger partial charge in [0, 0.05) is 19.3 Å². The monoisotopic (exact) mass is 1090 g/mol. The highest BCUT2D eigenvalue weighted by molar-refractivity contribution is 5.71. The third kappa shape index (κ3) is 63.7. The first-order chi connectivity index (χ1) is 39.0. The van der Waals surface area contributed by atoms with Crippen LogP contribution >= 0.6 is 0 Å². The van der Waals surface area contributed by atoms with E-state index in [-0.39, 0.29) is 31.1 Å². The van der Waals surface area contributed by atoms with Crippen LogP contribution in [0.1, 0.15) is 265 Å². The first kappa shape index (κ1) is 74.0. The molecular formula is C73H116O6. The van der Waals surface area contributed by atoms with Gasteiger partial charge in [0.1, 0.15) is 13.2 Å². The van der Waals surface area contributed by atoms with E-state index in [2.05, 4.69) is 179 Å². The smallest absolute Gasteiger partial charge is 0.306 e. The van der Waals surface area contributed by atoms with Gasteiger partial charge < -0.3 is 14.2 Å². The molecule has 0 spiro atoms. The van der Waals surface area contributed by atoms with E-state index in [1.54, 1.807) is 0 Å². The van der Waals surface area contributed by atoms with Gasteiger partial charge in [-0.3, -0.25) is 14.4 Å². The number of esters is 3. The van der Waals surface area contributed by atoms with Gasteiger partial charge in [-0.1, -0.05) is 262 Å². The summed E-state index contributed by atoms with van der Waals surface area (Å²) in [5.41, 5.74) is 0. The fraction of sp³-hybridized carbons (Fsp3) is 0.603. The zero-order valence-corrected chi connectivity index (χ0v) is 50.8. The Bertz CT molecular complexity index is 1780. The van der Waals surface area contributed by atoms with Crippen LogP contribution in [-0.4, -0.2) is 37.2 Å². The third-order valence-electron chi connectivity index (χ3n) is 13.0. The van der Waals surface area contributed by atoms with E-state index in [1.165, 1.54) is 38.5 Å². The Morgan fingerprint density at radius 2 is 0.494 bits per heavy atom. The van der Waals surface area contributed by atoms with Crippen molar-refractivity contribution in [1.29, 1.82) is 0 Å². The van der Waals surface area contributed by atoms with Crippen molar-refractivity contribution in [2.75, 3.05) is 13.2 Å². The maximum Gasteiger partial charge on any atom is 0.306 e. The summed E-state index contributed by atoms with van der Waals surface area (Å²) < 4.78 is 16.9. The molecule has 0 aliphatic carbocycles. The molecule has 6 heteroatoms. The summed E-state index contributed by atoms with van der Waals surface area (Å²) >= 11 is 0. The third-order valence-corrected chi connectivity index (χ3v) is 13.0. The van der Waals surface area contributed by atoms with Crippen molar-refractivity contribution in [1.82, 2.24) is 0 Å². The molecule has 0 aromatic rings. The topological polar surface area (TPSA) is 78.9 Å². The van der Waals surface area contributed by atoms with Crippen molar-refractivity contribution in [3.05, 3.63) is 158 Å². The Balaban J connectivity index is 4.30. The Morgan fingerprint density at radius 3 is 0.772 bits per heavy atom. The number of hydrogen-bond acceptors (Lipinski definition) is 6. The van der Waals surface area contributed by atoms with Gasteiger partial charge in [0.15, 0.2) is 6.10 Å². The zero-order valence-electron chi connectivity index (χ0n) is 50.8. The van der Waals surface area contributed by atoms with E-state index in [4.69, 9.17) is 14.2 Å². The number of hydrogen-bond donors (Lipinski definition) is 0. The minimum atomic E-state index is -0.804. The van der Waals surface area contributed by atoms with Crippen LogP contribution in [0.4, 0.5) is 0 Å². The Morgan fingerprint density at radius 1 is 0.266 bits per heavy atom. The Kier molecular flexibility index (Phi) is 61.4. The maximum absolute atomic E-state index is 12.9. The lowest BCUT2D eigenvalue weighted by molar-refractivity contribution is -0.167. The standard InChI is InChI=1S/C73H116O6/c1-4-7-10-13-16-19-22-25-27-28-29-30-31-32-33-34-35-36-37-38-39-40-41-42-43-44-46-48-51-54-57-60-63-66-72(75)78-69-70(68-77-71(74)65-62-59-56-53-50-47-24-21-18-15-12-9-6-3)79-73(76)67-64-61-58-55-52-49-45-26-23-20-17-14-11-8-5-2/h7-8,10-12,15-17,19-21,24-27,29-30,32-33,35-36,38-39,41-42,45,70H,4-6,9,13-14,18,22-23,28,31,34,37,40,43-44,46-69H2,1-3H3/b10-7-,11-8-,15-12-,19-16-,20-17-,24-21-,27-25-,30-29-,33-32-,36-35-,39-38-,42-41-,45-26-. The first-order valence-corrected chi connectivity index (χ1v) is 32.0. The highest BCUT2D eigenvalue weighted by Crippen LogP contribution is 2.14. The van der Waals surface area contributed by atoms with Gasteiger partial charge in [-0.2, -0.15) is 0 Å². The molecule has 0 aliphatic rings. The zero-order chi connectivity index (χ0) is 57.1. The van der Waals surface area contributed by atoms with E-state index < -0.39 is 6.10 Å². The molecule has 0 fully saturated rings. The molecule has 0 rings (SSSR count). The predicted octanol–water partition coefficient (Wildman–Crippen LogP) is 22.1. The molecule has 0 aliphatic heterocycles. The number of allylic oxidation sites excluding steroid dienone is 26. The van der Waals surface area contributed by atoms with E-state index in [1.807, 2.05) is 0 Å².